The van der Waals surface area contributed by atoms with E-state index in [1.165, 1.54) is 90.5 Å². The van der Waals surface area contributed by atoms with Crippen LogP contribution in [0.15, 0.2) is 105 Å². The second kappa shape index (κ2) is 19.6. The fourth-order valence-electron chi connectivity index (χ4n) is 7.45. The van der Waals surface area contributed by atoms with Gasteiger partial charge in [-0.1, -0.05) is 42.0 Å². The first kappa shape index (κ1) is 46.4. The molecule has 8 rings (SSSR count). The zero-order valence-electron chi connectivity index (χ0n) is 35.8. The van der Waals surface area contributed by atoms with Gasteiger partial charge in [0.1, 0.15) is 0 Å². The van der Waals surface area contributed by atoms with Gasteiger partial charge in [0.2, 0.25) is 20.0 Å². The number of nitro groups is 2. The van der Waals surface area contributed by atoms with Crippen molar-refractivity contribution in [2.45, 2.75) is 50.3 Å². The first-order valence-corrected chi connectivity index (χ1v) is 25.1. The molecule has 2 saturated heterocycles. The second-order valence-corrected chi connectivity index (χ2v) is 21.2. The maximum atomic E-state index is 12.9. The third-order valence-corrected chi connectivity index (χ3v) is 17.2. The Morgan fingerprint density at radius 3 is 1.44 bits per heavy atom. The summed E-state index contributed by atoms with van der Waals surface area (Å²) in [6, 6.07) is 22.8. The van der Waals surface area contributed by atoms with Crippen LogP contribution in [0.5, 0.6) is 0 Å². The molecule has 0 saturated carbocycles. The van der Waals surface area contributed by atoms with E-state index in [4.69, 9.17) is 9.97 Å². The molecule has 16 nitrogen and oxygen atoms in total. The van der Waals surface area contributed by atoms with Crippen LogP contribution in [0.4, 0.5) is 21.6 Å². The summed E-state index contributed by atoms with van der Waals surface area (Å²) in [7, 11) is -7.37. The molecule has 20 heteroatoms. The van der Waals surface area contributed by atoms with Crippen LogP contribution in [0.3, 0.4) is 0 Å². The van der Waals surface area contributed by atoms with Gasteiger partial charge in [-0.25, -0.2) is 26.8 Å². The molecule has 4 aromatic carbocycles. The molecule has 0 N–H and O–H groups in total. The van der Waals surface area contributed by atoms with Crippen LogP contribution in [0.25, 0.3) is 0 Å². The van der Waals surface area contributed by atoms with E-state index >= 15 is 0 Å². The summed E-state index contributed by atoms with van der Waals surface area (Å²) in [5.41, 5.74) is 9.32. The highest BCUT2D eigenvalue weighted by molar-refractivity contribution is 7.89. The number of thiazole rings is 2. The fourth-order valence-corrected chi connectivity index (χ4v) is 12.0. The average Bonchev–Trinajstić information content (AvgIpc) is 3.97. The van der Waals surface area contributed by atoms with Crippen LogP contribution < -0.4 is 9.80 Å². The molecule has 0 spiro atoms. The number of nitrogens with zero attached hydrogens (tertiary/aromatic N) is 8. The molecule has 6 aromatic rings. The number of nitro benzene ring substituents is 2. The Morgan fingerprint density at radius 2 is 1.00 bits per heavy atom. The van der Waals surface area contributed by atoms with Gasteiger partial charge in [0.05, 0.1) is 31.0 Å². The van der Waals surface area contributed by atoms with Crippen LogP contribution in [-0.2, 0) is 32.9 Å². The number of anilines is 2. The van der Waals surface area contributed by atoms with Crippen molar-refractivity contribution in [2.24, 2.45) is 0 Å². The number of hydrogen-bond acceptors (Lipinski definition) is 14. The molecule has 4 heterocycles. The van der Waals surface area contributed by atoms with Gasteiger partial charge in [0.25, 0.3) is 11.4 Å². The van der Waals surface area contributed by atoms with Crippen molar-refractivity contribution in [3.63, 3.8) is 0 Å². The zero-order valence-corrected chi connectivity index (χ0v) is 39.1. The van der Waals surface area contributed by atoms with Gasteiger partial charge >= 0.3 is 0 Å². The van der Waals surface area contributed by atoms with E-state index in [0.717, 1.165) is 34.5 Å². The predicted octanol–water partition coefficient (Wildman–Crippen LogP) is 7.54. The molecule has 0 unspecified atom stereocenters. The van der Waals surface area contributed by atoms with Gasteiger partial charge in [-0.05, 0) is 79.8 Å². The Balaban J connectivity index is 0.000000191. The molecule has 2 aliphatic rings. The van der Waals surface area contributed by atoms with Crippen molar-refractivity contribution >= 4 is 64.4 Å². The molecule has 0 radical (unpaired) electrons. The molecule has 2 aromatic heterocycles. The van der Waals surface area contributed by atoms with Gasteiger partial charge in [-0.15, -0.1) is 22.7 Å². The summed E-state index contributed by atoms with van der Waals surface area (Å²) in [5.74, 6) is 0. The number of rotatable bonds is 12. The number of sulfonamides is 2. The largest absolute Gasteiger partial charge is 0.345 e. The number of piperazine rings is 2. The lowest BCUT2D eigenvalue weighted by Crippen LogP contribution is -2.48. The first-order chi connectivity index (χ1) is 30.5. The van der Waals surface area contributed by atoms with E-state index in [1.807, 2.05) is 0 Å². The van der Waals surface area contributed by atoms with Crippen molar-refractivity contribution in [1.29, 1.82) is 0 Å². The van der Waals surface area contributed by atoms with Crippen LogP contribution >= 0.6 is 22.7 Å². The molecular weight excluding hydrogens is 897 g/mol. The Bertz CT molecular complexity index is 2710. The minimum absolute atomic E-state index is 0.0709. The number of aryl methyl sites for hydroxylation is 3. The monoisotopic (exact) mass is 944 g/mol. The Morgan fingerprint density at radius 1 is 0.562 bits per heavy atom. The maximum Gasteiger partial charge on any atom is 0.269 e. The molecule has 0 bridgehead atoms. The molecule has 2 aliphatic heterocycles. The number of aromatic nitrogens is 2. The van der Waals surface area contributed by atoms with Crippen molar-refractivity contribution in [2.75, 3.05) is 62.2 Å². The summed E-state index contributed by atoms with van der Waals surface area (Å²) in [6.07, 6.45) is 1.55. The molecule has 0 atom stereocenters. The molecular formula is C44H48N8O8S4. The average molecular weight is 945 g/mol. The first-order valence-electron chi connectivity index (χ1n) is 20.5. The molecule has 0 aliphatic carbocycles. The van der Waals surface area contributed by atoms with E-state index in [9.17, 15) is 37.1 Å². The highest BCUT2D eigenvalue weighted by Crippen LogP contribution is 2.29. The number of benzene rings is 4. The summed E-state index contributed by atoms with van der Waals surface area (Å²) in [5, 5.41) is 27.5. The lowest BCUT2D eigenvalue weighted by molar-refractivity contribution is -0.385. The predicted molar refractivity (Wildman–Crippen MR) is 250 cm³/mol. The minimum Gasteiger partial charge on any atom is -0.345 e. The van der Waals surface area contributed by atoms with Crippen LogP contribution in [0.2, 0.25) is 0 Å². The number of non-ortho nitro benzene ring substituents is 2. The van der Waals surface area contributed by atoms with E-state index in [0.29, 0.717) is 52.4 Å². The van der Waals surface area contributed by atoms with E-state index < -0.39 is 29.9 Å². The lowest BCUT2D eigenvalue weighted by atomic mass is 10.0. The van der Waals surface area contributed by atoms with Crippen molar-refractivity contribution in [3.8, 4) is 0 Å². The second-order valence-electron chi connectivity index (χ2n) is 15.7. The van der Waals surface area contributed by atoms with Crippen molar-refractivity contribution < 1.29 is 26.7 Å². The Hall–Kier alpha value is -5.64. The summed E-state index contributed by atoms with van der Waals surface area (Å²) in [4.78, 5) is 34.5. The summed E-state index contributed by atoms with van der Waals surface area (Å²) in [6.45, 7) is 12.0. The van der Waals surface area contributed by atoms with Gasteiger partial charge in [0.15, 0.2) is 10.3 Å². The standard InChI is InChI=1S/2C22H24N4O4S2/c1-16-3-4-17(2)18(13-16)14-19-15-31-22(23-19)24-9-11-25(12-10-24)32(29,30)21-7-5-20(6-8-21)26(27)28;1-16-4-3-5-18(17(16)2)14-19-15-31-22(23-19)24-10-12-25(13-11-24)32(29,30)21-8-6-20(7-9-21)26(27)28/h3-8,13,15H,9-12,14H2,1-2H3;3-9,15H,10-14H2,1-2H3. The molecule has 2 fully saturated rings. The Kier molecular flexibility index (Phi) is 14.2. The fraction of sp³-hybridized carbons (Fsp3) is 0.318. The maximum absolute atomic E-state index is 12.9. The SMILES string of the molecule is Cc1ccc(C)c(Cc2csc(N3CCN(S(=O)(=O)c4ccc([N+](=O)[O-])cc4)CC3)n2)c1.Cc1cccc(Cc2csc(N3CCN(S(=O)(=O)c4ccc([N+](=O)[O-])cc4)CC3)n2)c1C. The zero-order chi connectivity index (χ0) is 45.8. The van der Waals surface area contributed by atoms with Gasteiger partial charge in [-0.3, -0.25) is 20.2 Å². The highest BCUT2D eigenvalue weighted by atomic mass is 32.2. The van der Waals surface area contributed by atoms with E-state index in [2.05, 4.69) is 84.7 Å². The minimum atomic E-state index is -3.69. The van der Waals surface area contributed by atoms with Crippen LogP contribution in [0.1, 0.15) is 44.8 Å². The third-order valence-electron chi connectivity index (χ3n) is 11.4. The van der Waals surface area contributed by atoms with Crippen LogP contribution in [0, 0.1) is 47.9 Å². The van der Waals surface area contributed by atoms with E-state index in [1.54, 1.807) is 22.7 Å². The summed E-state index contributed by atoms with van der Waals surface area (Å²) < 4.78 is 54.5. The quantitative estimate of drug-likeness (QED) is 0.0866. The van der Waals surface area contributed by atoms with Crippen LogP contribution in [-0.4, -0.2) is 97.6 Å². The number of hydrogen-bond donors (Lipinski definition) is 0. The molecule has 336 valence electrons. The van der Waals surface area contributed by atoms with E-state index in [-0.39, 0.29) is 21.2 Å². The Labute approximate surface area is 380 Å². The van der Waals surface area contributed by atoms with Gasteiger partial charge in [0, 0.05) is 100 Å². The topological polar surface area (TPSA) is 193 Å². The van der Waals surface area contributed by atoms with Crippen molar-refractivity contribution in [3.05, 3.63) is 161 Å². The van der Waals surface area contributed by atoms with Crippen molar-refractivity contribution in [1.82, 2.24) is 18.6 Å². The molecule has 0 amide bonds. The van der Waals surface area contributed by atoms with Gasteiger partial charge in [-0.2, -0.15) is 8.61 Å². The summed E-state index contributed by atoms with van der Waals surface area (Å²) >= 11 is 3.16. The lowest BCUT2D eigenvalue weighted by Gasteiger charge is -2.33. The highest BCUT2D eigenvalue weighted by Gasteiger charge is 2.31. The normalized spacial score (nSPS) is 15.1. The third kappa shape index (κ3) is 10.6. The molecule has 64 heavy (non-hydrogen) atoms. The smallest absolute Gasteiger partial charge is 0.269 e. The van der Waals surface area contributed by atoms with Gasteiger partial charge < -0.3 is 9.80 Å².